The third kappa shape index (κ3) is 5.99. The number of hydrogen-bond acceptors (Lipinski definition) is 3. The number of likely N-dealkylation sites (tertiary alicyclic amines) is 1. The van der Waals surface area contributed by atoms with Crippen LogP contribution in [-0.2, 0) is 17.6 Å². The van der Waals surface area contributed by atoms with Gasteiger partial charge in [0.1, 0.15) is 11.6 Å². The van der Waals surface area contributed by atoms with Gasteiger partial charge in [0.2, 0.25) is 5.91 Å². The number of anilines is 1. The summed E-state index contributed by atoms with van der Waals surface area (Å²) < 4.78 is 27.3. The molecule has 0 radical (unpaired) electrons. The number of rotatable bonds is 8. The molecule has 2 heterocycles. The minimum Gasteiger partial charge on any atom is -0.371 e. The predicted octanol–water partition coefficient (Wildman–Crippen LogP) is 5.12. The fourth-order valence-corrected chi connectivity index (χ4v) is 5.75. The number of halogens is 3. The molecule has 38 heavy (non-hydrogen) atoms. The van der Waals surface area contributed by atoms with Crippen molar-refractivity contribution >= 4 is 29.1 Å². The molecule has 198 valence electrons. The van der Waals surface area contributed by atoms with Gasteiger partial charge < -0.3 is 15.1 Å². The summed E-state index contributed by atoms with van der Waals surface area (Å²) in [4.78, 5) is 29.2. The number of aryl methyl sites for hydroxylation is 1. The van der Waals surface area contributed by atoms with Crippen LogP contribution in [0.4, 0.5) is 14.5 Å². The second-order valence-electron chi connectivity index (χ2n) is 10.2. The van der Waals surface area contributed by atoms with Gasteiger partial charge in [0, 0.05) is 50.2 Å². The maximum atomic E-state index is 14.2. The number of hydrogen-bond donors (Lipinski definition) is 1. The topological polar surface area (TPSA) is 52.7 Å². The Balaban J connectivity index is 1.09. The summed E-state index contributed by atoms with van der Waals surface area (Å²) in [6, 6.07) is 18.8. The average molecular weight is 538 g/mol. The summed E-state index contributed by atoms with van der Waals surface area (Å²) >= 11 is 6.11. The second kappa shape index (κ2) is 11.5. The van der Waals surface area contributed by atoms with Gasteiger partial charge in [-0.15, -0.1) is 0 Å². The number of nitrogens with one attached hydrogen (secondary N) is 1. The zero-order valence-corrected chi connectivity index (χ0v) is 21.8. The molecule has 5 rings (SSSR count). The molecule has 2 amide bonds. The molecular formula is C30H30ClF2N3O2. The third-order valence-electron chi connectivity index (χ3n) is 7.47. The molecule has 2 atom stereocenters. The normalized spacial score (nSPS) is 18.5. The number of carbonyl (C=O) groups is 2. The Morgan fingerprint density at radius 2 is 1.61 bits per heavy atom. The Labute approximate surface area is 226 Å². The Morgan fingerprint density at radius 3 is 2.32 bits per heavy atom. The van der Waals surface area contributed by atoms with Gasteiger partial charge in [-0.25, -0.2) is 8.78 Å². The van der Waals surface area contributed by atoms with Crippen LogP contribution < -0.4 is 10.2 Å². The molecule has 0 aromatic heterocycles. The van der Waals surface area contributed by atoms with E-state index in [0.717, 1.165) is 37.2 Å². The van der Waals surface area contributed by atoms with Crippen LogP contribution in [0.1, 0.15) is 27.9 Å². The molecule has 3 aromatic rings. The number of benzene rings is 3. The molecule has 3 aromatic carbocycles. The van der Waals surface area contributed by atoms with E-state index in [9.17, 15) is 18.4 Å². The fraction of sp³-hybridized carbons (Fsp3) is 0.333. The number of amides is 2. The van der Waals surface area contributed by atoms with Crippen LogP contribution in [0.25, 0.3) is 0 Å². The van der Waals surface area contributed by atoms with Gasteiger partial charge in [0.25, 0.3) is 5.91 Å². The minimum absolute atomic E-state index is 0.0367. The summed E-state index contributed by atoms with van der Waals surface area (Å²) in [6.45, 7) is 3.47. The molecule has 2 aliphatic rings. The van der Waals surface area contributed by atoms with Crippen LogP contribution in [-0.4, -0.2) is 49.4 Å². The molecule has 0 spiro atoms. The third-order valence-corrected chi connectivity index (χ3v) is 7.78. The lowest BCUT2D eigenvalue weighted by Gasteiger charge is -2.24. The molecule has 0 aliphatic carbocycles. The summed E-state index contributed by atoms with van der Waals surface area (Å²) in [5.41, 5.74) is 3.12. The van der Waals surface area contributed by atoms with Crippen molar-refractivity contribution in [1.82, 2.24) is 10.2 Å². The van der Waals surface area contributed by atoms with E-state index < -0.39 is 5.82 Å². The van der Waals surface area contributed by atoms with E-state index in [0.29, 0.717) is 31.5 Å². The molecule has 2 unspecified atom stereocenters. The van der Waals surface area contributed by atoms with E-state index in [1.165, 1.54) is 29.8 Å². The van der Waals surface area contributed by atoms with Crippen molar-refractivity contribution in [3.05, 3.63) is 100 Å². The van der Waals surface area contributed by atoms with E-state index in [1.807, 2.05) is 0 Å². The Morgan fingerprint density at radius 1 is 0.895 bits per heavy atom. The summed E-state index contributed by atoms with van der Waals surface area (Å²) in [5, 5.41) is 3.09. The smallest absolute Gasteiger partial charge is 0.258 e. The SMILES string of the molecule is O=C(Cc1ccc(F)cc1)NCCCc1cccc(N2CC3CN(C(=O)c4c(F)cccc4Cl)CC3C2)c1. The van der Waals surface area contributed by atoms with Crippen molar-refractivity contribution in [1.29, 1.82) is 0 Å². The number of carbonyl (C=O) groups excluding carboxylic acids is 2. The van der Waals surface area contributed by atoms with E-state index in [4.69, 9.17) is 11.6 Å². The van der Waals surface area contributed by atoms with Crippen molar-refractivity contribution in [2.75, 3.05) is 37.6 Å². The molecule has 2 saturated heterocycles. The van der Waals surface area contributed by atoms with Crippen molar-refractivity contribution in [2.24, 2.45) is 11.8 Å². The van der Waals surface area contributed by atoms with E-state index in [1.54, 1.807) is 23.1 Å². The zero-order chi connectivity index (χ0) is 26.6. The highest BCUT2D eigenvalue weighted by atomic mass is 35.5. The molecule has 5 nitrogen and oxygen atoms in total. The van der Waals surface area contributed by atoms with E-state index >= 15 is 0 Å². The Hall–Kier alpha value is -3.45. The minimum atomic E-state index is -0.578. The van der Waals surface area contributed by atoms with Crippen LogP contribution >= 0.6 is 11.6 Å². The summed E-state index contributed by atoms with van der Waals surface area (Å²) in [5.74, 6) is -0.616. The average Bonchev–Trinajstić information content (AvgIpc) is 3.48. The number of nitrogens with zero attached hydrogens (tertiary/aromatic N) is 2. The highest BCUT2D eigenvalue weighted by molar-refractivity contribution is 6.33. The lowest BCUT2D eigenvalue weighted by molar-refractivity contribution is -0.120. The second-order valence-corrected chi connectivity index (χ2v) is 10.6. The van der Waals surface area contributed by atoms with Crippen LogP contribution in [0.5, 0.6) is 0 Å². The van der Waals surface area contributed by atoms with Gasteiger partial charge in [0.05, 0.1) is 17.0 Å². The molecule has 2 fully saturated rings. The van der Waals surface area contributed by atoms with Crippen LogP contribution in [0, 0.1) is 23.5 Å². The monoisotopic (exact) mass is 537 g/mol. The van der Waals surface area contributed by atoms with Crippen LogP contribution in [0.15, 0.2) is 66.7 Å². The van der Waals surface area contributed by atoms with Crippen molar-refractivity contribution in [3.8, 4) is 0 Å². The van der Waals surface area contributed by atoms with Gasteiger partial charge in [0.15, 0.2) is 0 Å². The standard InChI is InChI=1S/C30H30ClF2N3O2/c31-26-7-2-8-27(33)29(26)30(38)36-18-22-16-35(17-23(22)19-36)25-6-1-4-20(14-25)5-3-13-34-28(37)15-21-9-11-24(32)12-10-21/h1-2,4,6-12,14,22-23H,3,5,13,15-19H2,(H,34,37). The fourth-order valence-electron chi connectivity index (χ4n) is 5.51. The van der Waals surface area contributed by atoms with Gasteiger partial charge in [-0.1, -0.05) is 41.9 Å². The first-order valence-corrected chi connectivity index (χ1v) is 13.3. The molecule has 2 aliphatic heterocycles. The highest BCUT2D eigenvalue weighted by Gasteiger charge is 2.42. The van der Waals surface area contributed by atoms with Crippen molar-refractivity contribution in [2.45, 2.75) is 19.3 Å². The Kier molecular flexibility index (Phi) is 7.93. The van der Waals surface area contributed by atoms with E-state index in [-0.39, 0.29) is 34.6 Å². The maximum absolute atomic E-state index is 14.2. The highest BCUT2D eigenvalue weighted by Crippen LogP contribution is 2.35. The first kappa shape index (κ1) is 26.2. The lowest BCUT2D eigenvalue weighted by Crippen LogP contribution is -2.34. The van der Waals surface area contributed by atoms with Gasteiger partial charge >= 0.3 is 0 Å². The van der Waals surface area contributed by atoms with Gasteiger partial charge in [-0.2, -0.15) is 0 Å². The van der Waals surface area contributed by atoms with Gasteiger partial charge in [-0.3, -0.25) is 9.59 Å². The van der Waals surface area contributed by atoms with Gasteiger partial charge in [-0.05, 0) is 60.4 Å². The summed E-state index contributed by atoms with van der Waals surface area (Å²) in [6.07, 6.45) is 1.90. The lowest BCUT2D eigenvalue weighted by atomic mass is 10.0. The largest absolute Gasteiger partial charge is 0.371 e. The quantitative estimate of drug-likeness (QED) is 0.406. The molecule has 1 N–H and O–H groups in total. The van der Waals surface area contributed by atoms with Crippen molar-refractivity contribution < 1.29 is 18.4 Å². The molecular weight excluding hydrogens is 508 g/mol. The first-order valence-electron chi connectivity index (χ1n) is 13.0. The predicted molar refractivity (Wildman–Crippen MR) is 144 cm³/mol. The first-order chi connectivity index (χ1) is 18.4. The molecule has 0 bridgehead atoms. The Bertz CT molecular complexity index is 1280. The summed E-state index contributed by atoms with van der Waals surface area (Å²) in [7, 11) is 0. The number of fused-ring (bicyclic) bond motifs is 1. The van der Waals surface area contributed by atoms with E-state index in [2.05, 4.69) is 34.5 Å². The van der Waals surface area contributed by atoms with Crippen LogP contribution in [0.3, 0.4) is 0 Å². The molecule has 0 saturated carbocycles. The zero-order valence-electron chi connectivity index (χ0n) is 21.0. The van der Waals surface area contributed by atoms with Crippen LogP contribution in [0.2, 0.25) is 5.02 Å². The maximum Gasteiger partial charge on any atom is 0.258 e. The molecule has 8 heteroatoms. The van der Waals surface area contributed by atoms with Crippen molar-refractivity contribution in [3.63, 3.8) is 0 Å².